The van der Waals surface area contributed by atoms with Gasteiger partial charge in [0.25, 0.3) is 0 Å². The van der Waals surface area contributed by atoms with Crippen LogP contribution in [0.25, 0.3) is 11.4 Å². The molecule has 0 atom stereocenters. The van der Waals surface area contributed by atoms with Gasteiger partial charge in [0.15, 0.2) is 10.6 Å². The Morgan fingerprint density at radius 3 is 2.63 bits per heavy atom. The molecule has 3 aromatic rings. The molecule has 2 heterocycles. The molecule has 2 aromatic heterocycles. The summed E-state index contributed by atoms with van der Waals surface area (Å²) < 4.78 is 4.93. The van der Waals surface area contributed by atoms with Crippen molar-refractivity contribution in [2.75, 3.05) is 13.3 Å². The lowest BCUT2D eigenvalue weighted by Crippen LogP contribution is -2.22. The quantitative estimate of drug-likeness (QED) is 0.430. The zero-order valence-corrected chi connectivity index (χ0v) is 17.2. The van der Waals surface area contributed by atoms with E-state index in [1.807, 2.05) is 23.0 Å². The Bertz CT molecular complexity index is 958. The van der Waals surface area contributed by atoms with Crippen LogP contribution in [-0.2, 0) is 13.2 Å². The lowest BCUT2D eigenvalue weighted by atomic mass is 10.2. The van der Waals surface area contributed by atoms with Gasteiger partial charge in [0.1, 0.15) is 0 Å². The van der Waals surface area contributed by atoms with Crippen LogP contribution in [0.15, 0.2) is 53.7 Å². The number of rotatable bonds is 7. The highest BCUT2D eigenvalue weighted by atomic mass is 32.2. The molecule has 5 nitrogen and oxygen atoms in total. The van der Waals surface area contributed by atoms with Crippen molar-refractivity contribution in [2.24, 2.45) is 0 Å². The Balaban J connectivity index is 1.55. The standard InChI is InChI=1S/C20H23N5S2/c1-23(13-15-5-9-18(27-2)10-6-15)14-24-20(26)25(17-7-8-17)19(22-24)16-4-3-11-21-12-16/h3-6,9-12,17H,7-8,13-14H2,1-2H3. The summed E-state index contributed by atoms with van der Waals surface area (Å²) in [7, 11) is 2.10. The lowest BCUT2D eigenvalue weighted by Gasteiger charge is -2.16. The third-order valence-electron chi connectivity index (χ3n) is 4.69. The van der Waals surface area contributed by atoms with Crippen molar-refractivity contribution in [3.8, 4) is 11.4 Å². The molecule has 0 spiro atoms. The molecule has 0 amide bonds. The minimum atomic E-state index is 0.478. The van der Waals surface area contributed by atoms with E-state index >= 15 is 0 Å². The molecule has 27 heavy (non-hydrogen) atoms. The Kier molecular flexibility index (Phi) is 5.43. The minimum Gasteiger partial charge on any atom is -0.297 e. The fourth-order valence-corrected chi connectivity index (χ4v) is 3.93. The average molecular weight is 398 g/mol. The second-order valence-electron chi connectivity index (χ2n) is 6.95. The number of nitrogens with zero attached hydrogens (tertiary/aromatic N) is 5. The molecule has 1 saturated carbocycles. The fraction of sp³-hybridized carbons (Fsp3) is 0.350. The van der Waals surface area contributed by atoms with E-state index in [0.29, 0.717) is 12.7 Å². The van der Waals surface area contributed by atoms with Gasteiger partial charge in [-0.3, -0.25) is 14.5 Å². The van der Waals surface area contributed by atoms with Crippen molar-refractivity contribution in [2.45, 2.75) is 37.0 Å². The average Bonchev–Trinajstić information content (AvgIpc) is 3.48. The van der Waals surface area contributed by atoms with Gasteiger partial charge in [0.2, 0.25) is 0 Å². The molecule has 1 fully saturated rings. The first-order valence-corrected chi connectivity index (χ1v) is 10.7. The number of hydrogen-bond donors (Lipinski definition) is 0. The van der Waals surface area contributed by atoms with Crippen LogP contribution in [0.5, 0.6) is 0 Å². The molecule has 0 unspecified atom stereocenters. The van der Waals surface area contributed by atoms with Gasteiger partial charge in [-0.25, -0.2) is 4.68 Å². The number of pyridine rings is 1. The number of thioether (sulfide) groups is 1. The molecule has 0 radical (unpaired) electrons. The summed E-state index contributed by atoms with van der Waals surface area (Å²) in [5.41, 5.74) is 2.31. The summed E-state index contributed by atoms with van der Waals surface area (Å²) >= 11 is 7.52. The zero-order valence-electron chi connectivity index (χ0n) is 15.6. The molecular formula is C20H23N5S2. The van der Waals surface area contributed by atoms with Gasteiger partial charge >= 0.3 is 0 Å². The van der Waals surface area contributed by atoms with E-state index in [-0.39, 0.29) is 0 Å². The molecule has 1 aliphatic rings. The SMILES string of the molecule is CSc1ccc(CN(C)Cn2nc(-c3cccnc3)n(C3CC3)c2=S)cc1. The normalized spacial score (nSPS) is 14.0. The van der Waals surface area contributed by atoms with E-state index in [4.69, 9.17) is 17.3 Å². The van der Waals surface area contributed by atoms with Gasteiger partial charge in [-0.05, 0) is 68.2 Å². The van der Waals surface area contributed by atoms with E-state index in [1.165, 1.54) is 23.3 Å². The summed E-state index contributed by atoms with van der Waals surface area (Å²) in [5.74, 6) is 0.924. The lowest BCUT2D eigenvalue weighted by molar-refractivity contribution is 0.244. The van der Waals surface area contributed by atoms with Crippen molar-refractivity contribution < 1.29 is 0 Å². The third-order valence-corrected chi connectivity index (χ3v) is 5.84. The highest BCUT2D eigenvalue weighted by molar-refractivity contribution is 7.98. The van der Waals surface area contributed by atoms with Gasteiger partial charge in [-0.2, -0.15) is 5.10 Å². The Morgan fingerprint density at radius 1 is 1.22 bits per heavy atom. The minimum absolute atomic E-state index is 0.478. The van der Waals surface area contributed by atoms with Gasteiger partial charge in [0, 0.05) is 35.4 Å². The smallest absolute Gasteiger partial charge is 0.199 e. The van der Waals surface area contributed by atoms with E-state index in [0.717, 1.165) is 22.7 Å². The van der Waals surface area contributed by atoms with Crippen LogP contribution < -0.4 is 0 Å². The van der Waals surface area contributed by atoms with Gasteiger partial charge in [0.05, 0.1) is 6.67 Å². The number of aromatic nitrogens is 4. The van der Waals surface area contributed by atoms with Crippen LogP contribution in [0.4, 0.5) is 0 Å². The van der Waals surface area contributed by atoms with E-state index in [2.05, 4.69) is 52.0 Å². The van der Waals surface area contributed by atoms with E-state index < -0.39 is 0 Å². The predicted molar refractivity (Wildman–Crippen MR) is 112 cm³/mol. The van der Waals surface area contributed by atoms with E-state index in [9.17, 15) is 0 Å². The molecule has 0 bridgehead atoms. The van der Waals surface area contributed by atoms with Crippen LogP contribution in [0.2, 0.25) is 0 Å². The first kappa shape index (κ1) is 18.4. The molecule has 1 aliphatic carbocycles. The number of hydrogen-bond acceptors (Lipinski definition) is 5. The Hall–Kier alpha value is -1.96. The molecule has 140 valence electrons. The fourth-order valence-electron chi connectivity index (χ4n) is 3.19. The van der Waals surface area contributed by atoms with Crippen LogP contribution in [0.3, 0.4) is 0 Å². The maximum atomic E-state index is 5.76. The van der Waals surface area contributed by atoms with Crippen molar-refractivity contribution >= 4 is 24.0 Å². The highest BCUT2D eigenvalue weighted by Gasteiger charge is 2.29. The van der Waals surface area contributed by atoms with Crippen LogP contribution >= 0.6 is 24.0 Å². The van der Waals surface area contributed by atoms with Crippen molar-refractivity contribution in [1.29, 1.82) is 0 Å². The summed E-state index contributed by atoms with van der Waals surface area (Å²) in [6.45, 7) is 1.52. The second kappa shape index (κ2) is 7.96. The Labute approximate surface area is 169 Å². The summed E-state index contributed by atoms with van der Waals surface area (Å²) in [6.07, 6.45) is 8.08. The van der Waals surface area contributed by atoms with Crippen molar-refractivity contribution in [3.63, 3.8) is 0 Å². The maximum absolute atomic E-state index is 5.76. The molecule has 0 saturated heterocycles. The monoisotopic (exact) mass is 397 g/mol. The van der Waals surface area contributed by atoms with Gasteiger partial charge in [-0.1, -0.05) is 12.1 Å². The molecule has 4 rings (SSSR count). The third kappa shape index (κ3) is 4.15. The zero-order chi connectivity index (χ0) is 18.8. The second-order valence-corrected chi connectivity index (χ2v) is 8.20. The van der Waals surface area contributed by atoms with Gasteiger partial charge < -0.3 is 0 Å². The van der Waals surface area contributed by atoms with Gasteiger partial charge in [-0.15, -0.1) is 11.8 Å². The number of benzene rings is 1. The van der Waals surface area contributed by atoms with Crippen LogP contribution in [0, 0.1) is 4.77 Å². The predicted octanol–water partition coefficient (Wildman–Crippen LogP) is 4.62. The highest BCUT2D eigenvalue weighted by Crippen LogP contribution is 2.38. The topological polar surface area (TPSA) is 38.9 Å². The first-order valence-electron chi connectivity index (χ1n) is 9.07. The summed E-state index contributed by atoms with van der Waals surface area (Å²) in [4.78, 5) is 7.77. The maximum Gasteiger partial charge on any atom is 0.199 e. The molecule has 1 aromatic carbocycles. The van der Waals surface area contributed by atoms with Crippen LogP contribution in [-0.4, -0.2) is 37.5 Å². The Morgan fingerprint density at radius 2 is 2.00 bits per heavy atom. The molecule has 0 aliphatic heterocycles. The molecule has 0 N–H and O–H groups in total. The first-order chi connectivity index (χ1) is 13.2. The molecular weight excluding hydrogens is 374 g/mol. The largest absolute Gasteiger partial charge is 0.297 e. The summed E-state index contributed by atoms with van der Waals surface area (Å²) in [5, 5.41) is 4.84. The van der Waals surface area contributed by atoms with E-state index in [1.54, 1.807) is 18.0 Å². The van der Waals surface area contributed by atoms with Crippen molar-refractivity contribution in [1.82, 2.24) is 24.2 Å². The summed E-state index contributed by atoms with van der Waals surface area (Å²) in [6, 6.07) is 13.2. The van der Waals surface area contributed by atoms with Crippen molar-refractivity contribution in [3.05, 3.63) is 59.1 Å². The van der Waals surface area contributed by atoms with Crippen LogP contribution in [0.1, 0.15) is 24.4 Å². The molecule has 7 heteroatoms.